The van der Waals surface area contributed by atoms with Crippen LogP contribution in [-0.4, -0.2) is 44.8 Å². The first-order chi connectivity index (χ1) is 14.5. The summed E-state index contributed by atoms with van der Waals surface area (Å²) in [6.07, 6.45) is 5.98. The Kier molecular flexibility index (Phi) is 6.35. The van der Waals surface area contributed by atoms with E-state index in [4.69, 9.17) is 16.3 Å². The predicted octanol–water partition coefficient (Wildman–Crippen LogP) is 4.79. The summed E-state index contributed by atoms with van der Waals surface area (Å²) in [7, 11) is 4.13. The molecule has 1 aliphatic rings. The van der Waals surface area contributed by atoms with Gasteiger partial charge in [-0.3, -0.25) is 4.57 Å². The molecule has 0 bridgehead atoms. The monoisotopic (exact) mass is 425 g/mol. The SMILES string of the molecule is Cc1nnc([C@H]2CC[C@H](Oc3ccccn3)CC2)n1-c1ccc(Cl)cc1CN(C)C. The van der Waals surface area contributed by atoms with Gasteiger partial charge in [-0.2, -0.15) is 0 Å². The minimum absolute atomic E-state index is 0.202. The van der Waals surface area contributed by atoms with Gasteiger partial charge in [0.2, 0.25) is 5.88 Å². The normalized spacial score (nSPS) is 19.2. The molecule has 30 heavy (non-hydrogen) atoms. The molecule has 3 aromatic rings. The molecule has 4 rings (SSSR count). The maximum Gasteiger partial charge on any atom is 0.213 e. The lowest BCUT2D eigenvalue weighted by molar-refractivity contribution is 0.139. The van der Waals surface area contributed by atoms with Crippen molar-refractivity contribution >= 4 is 11.6 Å². The maximum atomic E-state index is 6.29. The number of aryl methyl sites for hydroxylation is 1. The van der Waals surface area contributed by atoms with E-state index in [9.17, 15) is 0 Å². The summed E-state index contributed by atoms with van der Waals surface area (Å²) in [5.41, 5.74) is 2.28. The Bertz CT molecular complexity index is 981. The zero-order valence-corrected chi connectivity index (χ0v) is 18.5. The second kappa shape index (κ2) is 9.14. The third-order valence-electron chi connectivity index (χ3n) is 5.58. The van der Waals surface area contributed by atoms with Gasteiger partial charge in [0.1, 0.15) is 17.8 Å². The molecule has 0 aliphatic heterocycles. The van der Waals surface area contributed by atoms with E-state index in [1.165, 1.54) is 5.56 Å². The van der Waals surface area contributed by atoms with Crippen molar-refractivity contribution in [2.24, 2.45) is 0 Å². The smallest absolute Gasteiger partial charge is 0.213 e. The highest BCUT2D eigenvalue weighted by molar-refractivity contribution is 6.30. The van der Waals surface area contributed by atoms with Crippen molar-refractivity contribution in [3.63, 3.8) is 0 Å². The van der Waals surface area contributed by atoms with Crippen molar-refractivity contribution in [2.45, 2.75) is 51.2 Å². The molecular formula is C23H28ClN5O. The van der Waals surface area contributed by atoms with Gasteiger partial charge in [0.05, 0.1) is 5.69 Å². The van der Waals surface area contributed by atoms with Crippen LogP contribution in [0.2, 0.25) is 5.02 Å². The number of hydrogen-bond acceptors (Lipinski definition) is 5. The minimum atomic E-state index is 0.202. The molecule has 7 heteroatoms. The summed E-state index contributed by atoms with van der Waals surface area (Å²) in [5, 5.41) is 9.75. The van der Waals surface area contributed by atoms with Crippen molar-refractivity contribution in [1.82, 2.24) is 24.6 Å². The molecule has 1 saturated carbocycles. The quantitative estimate of drug-likeness (QED) is 0.568. The first-order valence-electron chi connectivity index (χ1n) is 10.4. The molecule has 0 saturated heterocycles. The highest BCUT2D eigenvalue weighted by Gasteiger charge is 2.28. The lowest BCUT2D eigenvalue weighted by atomic mass is 9.86. The second-order valence-electron chi connectivity index (χ2n) is 8.21. The fourth-order valence-corrected chi connectivity index (χ4v) is 4.40. The molecule has 1 fully saturated rings. The molecule has 0 radical (unpaired) electrons. The van der Waals surface area contributed by atoms with Crippen LogP contribution in [0.4, 0.5) is 0 Å². The molecule has 2 heterocycles. The molecule has 1 aliphatic carbocycles. The third-order valence-corrected chi connectivity index (χ3v) is 5.82. The Balaban J connectivity index is 1.54. The van der Waals surface area contributed by atoms with Crippen LogP contribution in [0.15, 0.2) is 42.6 Å². The zero-order valence-electron chi connectivity index (χ0n) is 17.8. The number of aromatic nitrogens is 4. The van der Waals surface area contributed by atoms with Crippen molar-refractivity contribution in [3.05, 3.63) is 64.8 Å². The average molecular weight is 426 g/mol. The van der Waals surface area contributed by atoms with Crippen LogP contribution in [0.1, 0.15) is 48.8 Å². The molecule has 158 valence electrons. The van der Waals surface area contributed by atoms with Gasteiger partial charge in [0.25, 0.3) is 0 Å². The lowest BCUT2D eigenvalue weighted by Gasteiger charge is -2.28. The number of benzene rings is 1. The van der Waals surface area contributed by atoms with Crippen LogP contribution >= 0.6 is 11.6 Å². The molecule has 1 aromatic carbocycles. The third kappa shape index (κ3) is 4.65. The van der Waals surface area contributed by atoms with Crippen LogP contribution in [0.5, 0.6) is 5.88 Å². The van der Waals surface area contributed by atoms with Gasteiger partial charge >= 0.3 is 0 Å². The van der Waals surface area contributed by atoms with E-state index in [1.807, 2.05) is 37.3 Å². The second-order valence-corrected chi connectivity index (χ2v) is 8.65. The van der Waals surface area contributed by atoms with Gasteiger partial charge in [0, 0.05) is 29.7 Å². The summed E-state index contributed by atoms with van der Waals surface area (Å²) in [5.74, 6) is 3.00. The molecule has 0 spiro atoms. The fourth-order valence-electron chi connectivity index (χ4n) is 4.21. The van der Waals surface area contributed by atoms with E-state index >= 15 is 0 Å². The molecule has 2 aromatic heterocycles. The van der Waals surface area contributed by atoms with Crippen LogP contribution in [-0.2, 0) is 6.54 Å². The van der Waals surface area contributed by atoms with Crippen LogP contribution in [0.25, 0.3) is 5.69 Å². The zero-order chi connectivity index (χ0) is 21.1. The minimum Gasteiger partial charge on any atom is -0.474 e. The van der Waals surface area contributed by atoms with Crippen molar-refractivity contribution in [3.8, 4) is 11.6 Å². The molecular weight excluding hydrogens is 398 g/mol. The van der Waals surface area contributed by atoms with Crippen molar-refractivity contribution in [2.75, 3.05) is 14.1 Å². The number of pyridine rings is 1. The van der Waals surface area contributed by atoms with Gasteiger partial charge in [-0.25, -0.2) is 4.98 Å². The fraction of sp³-hybridized carbons (Fsp3) is 0.435. The van der Waals surface area contributed by atoms with Crippen molar-refractivity contribution in [1.29, 1.82) is 0 Å². The summed E-state index contributed by atoms with van der Waals surface area (Å²) in [6.45, 7) is 2.82. The van der Waals surface area contributed by atoms with E-state index in [0.717, 1.165) is 54.6 Å². The van der Waals surface area contributed by atoms with Crippen LogP contribution in [0.3, 0.4) is 0 Å². The first kappa shape index (κ1) is 20.8. The van der Waals surface area contributed by atoms with E-state index < -0.39 is 0 Å². The molecule has 0 amide bonds. The molecule has 0 N–H and O–H groups in total. The Morgan fingerprint density at radius 1 is 1.10 bits per heavy atom. The molecule has 0 atom stereocenters. The Morgan fingerprint density at radius 3 is 2.60 bits per heavy atom. The number of nitrogens with zero attached hydrogens (tertiary/aromatic N) is 5. The van der Waals surface area contributed by atoms with Gasteiger partial charge in [-0.15, -0.1) is 10.2 Å². The summed E-state index contributed by atoms with van der Waals surface area (Å²) in [6, 6.07) is 11.8. The van der Waals surface area contributed by atoms with Crippen molar-refractivity contribution < 1.29 is 4.74 Å². The Morgan fingerprint density at radius 2 is 1.90 bits per heavy atom. The van der Waals surface area contributed by atoms with Gasteiger partial charge in [-0.1, -0.05) is 17.7 Å². The van der Waals surface area contributed by atoms with Gasteiger partial charge in [-0.05, 0) is 76.5 Å². The molecule has 0 unspecified atom stereocenters. The van der Waals surface area contributed by atoms with E-state index in [0.29, 0.717) is 11.8 Å². The average Bonchev–Trinajstić information content (AvgIpc) is 3.10. The predicted molar refractivity (Wildman–Crippen MR) is 118 cm³/mol. The summed E-state index contributed by atoms with van der Waals surface area (Å²) < 4.78 is 8.27. The number of halogens is 1. The highest BCUT2D eigenvalue weighted by atomic mass is 35.5. The number of ether oxygens (including phenoxy) is 1. The van der Waals surface area contributed by atoms with Gasteiger partial charge < -0.3 is 9.64 Å². The molecule has 6 nitrogen and oxygen atoms in total. The topological polar surface area (TPSA) is 56.1 Å². The van der Waals surface area contributed by atoms with E-state index in [1.54, 1.807) is 6.20 Å². The van der Waals surface area contributed by atoms with E-state index in [-0.39, 0.29) is 6.10 Å². The Labute approximate surface area is 182 Å². The highest BCUT2D eigenvalue weighted by Crippen LogP contribution is 2.35. The standard InChI is InChI=1S/C23H28ClN5O/c1-16-26-27-23(29(16)21-12-9-19(24)14-18(21)15-28(2)3)17-7-10-20(11-8-17)30-22-6-4-5-13-25-22/h4-6,9,12-14,17,20H,7-8,10-11,15H2,1-3H3/t17-,20-. The van der Waals surface area contributed by atoms with Crippen LogP contribution < -0.4 is 4.74 Å². The first-order valence-corrected chi connectivity index (χ1v) is 10.8. The Hall–Kier alpha value is -2.44. The van der Waals surface area contributed by atoms with Crippen LogP contribution in [0, 0.1) is 6.92 Å². The lowest BCUT2D eigenvalue weighted by Crippen LogP contribution is -2.25. The summed E-state index contributed by atoms with van der Waals surface area (Å²) in [4.78, 5) is 6.43. The van der Waals surface area contributed by atoms with Gasteiger partial charge in [0.15, 0.2) is 0 Å². The maximum absolute atomic E-state index is 6.29. The largest absolute Gasteiger partial charge is 0.474 e. The number of rotatable bonds is 6. The van der Waals surface area contributed by atoms with E-state index in [2.05, 4.69) is 44.8 Å². The summed E-state index contributed by atoms with van der Waals surface area (Å²) >= 11 is 6.29. The number of hydrogen-bond donors (Lipinski definition) is 0.